The number of piperidine rings is 1. The van der Waals surface area contributed by atoms with Crippen molar-refractivity contribution in [1.82, 2.24) is 14.1 Å². The molecule has 2 aliphatic rings. The van der Waals surface area contributed by atoms with Gasteiger partial charge in [-0.1, -0.05) is 30.3 Å². The Hall–Kier alpha value is -2.42. The molecule has 2 aromatic carbocycles. The Kier molecular flexibility index (Phi) is 7.67. The average molecular weight is 472 g/mol. The minimum absolute atomic E-state index is 0.0216. The van der Waals surface area contributed by atoms with E-state index in [9.17, 15) is 13.2 Å². The van der Waals surface area contributed by atoms with Crippen LogP contribution in [0.1, 0.15) is 25.3 Å². The highest BCUT2D eigenvalue weighted by molar-refractivity contribution is 7.89. The number of piperazine rings is 1. The number of ether oxygens (including phenoxy) is 1. The van der Waals surface area contributed by atoms with Gasteiger partial charge in [0.2, 0.25) is 15.9 Å². The highest BCUT2D eigenvalue weighted by atomic mass is 32.2. The standard InChI is InChI=1S/C25H33N3O4S/c1-2-32-23-8-6-7-21(19-23)20-26-13-11-22(12-14-26)25(29)27-15-17-28(18-16-27)33(30,31)24-9-4-3-5-10-24/h3-10,19,22H,2,11-18,20H2,1H3. The zero-order valence-electron chi connectivity index (χ0n) is 19.2. The maximum Gasteiger partial charge on any atom is 0.243 e. The maximum absolute atomic E-state index is 13.1. The van der Waals surface area contributed by atoms with E-state index in [4.69, 9.17) is 4.74 Å². The number of benzene rings is 2. The molecule has 1 amide bonds. The molecule has 2 fully saturated rings. The van der Waals surface area contributed by atoms with Gasteiger partial charge in [0.1, 0.15) is 5.75 Å². The van der Waals surface area contributed by atoms with Crippen molar-refractivity contribution in [2.24, 2.45) is 5.92 Å². The first-order chi connectivity index (χ1) is 16.0. The van der Waals surface area contributed by atoms with E-state index >= 15 is 0 Å². The number of amides is 1. The lowest BCUT2D eigenvalue weighted by molar-refractivity contribution is -0.138. The lowest BCUT2D eigenvalue weighted by atomic mass is 9.94. The third kappa shape index (κ3) is 5.75. The van der Waals surface area contributed by atoms with Crippen molar-refractivity contribution in [3.8, 4) is 5.75 Å². The first-order valence-corrected chi connectivity index (χ1v) is 13.2. The summed E-state index contributed by atoms with van der Waals surface area (Å²) in [7, 11) is -3.50. The summed E-state index contributed by atoms with van der Waals surface area (Å²) in [6.07, 6.45) is 1.68. The fourth-order valence-electron chi connectivity index (χ4n) is 4.65. The second kappa shape index (κ2) is 10.7. The van der Waals surface area contributed by atoms with E-state index in [1.165, 1.54) is 9.87 Å². The van der Waals surface area contributed by atoms with Crippen LogP contribution in [0.5, 0.6) is 5.75 Å². The molecule has 2 heterocycles. The second-order valence-electron chi connectivity index (χ2n) is 8.67. The maximum atomic E-state index is 13.1. The Morgan fingerprint density at radius 3 is 2.30 bits per heavy atom. The fraction of sp³-hybridized carbons (Fsp3) is 0.480. The quantitative estimate of drug-likeness (QED) is 0.621. The van der Waals surface area contributed by atoms with E-state index in [2.05, 4.69) is 17.0 Å². The molecular weight excluding hydrogens is 438 g/mol. The summed E-state index contributed by atoms with van der Waals surface area (Å²) >= 11 is 0. The molecule has 0 N–H and O–H groups in total. The molecular formula is C25H33N3O4S. The lowest BCUT2D eigenvalue weighted by Gasteiger charge is -2.38. The van der Waals surface area contributed by atoms with Crippen molar-refractivity contribution in [3.63, 3.8) is 0 Å². The Labute approximate surface area is 197 Å². The molecule has 0 aromatic heterocycles. The molecule has 0 spiro atoms. The van der Waals surface area contributed by atoms with Gasteiger partial charge < -0.3 is 9.64 Å². The lowest BCUT2D eigenvalue weighted by Crippen LogP contribution is -2.52. The predicted molar refractivity (Wildman–Crippen MR) is 127 cm³/mol. The van der Waals surface area contributed by atoms with Crippen LogP contribution in [0.25, 0.3) is 0 Å². The summed E-state index contributed by atoms with van der Waals surface area (Å²) in [5.74, 6) is 1.09. The van der Waals surface area contributed by atoms with E-state index < -0.39 is 10.0 Å². The van der Waals surface area contributed by atoms with E-state index in [1.54, 1.807) is 30.3 Å². The zero-order valence-corrected chi connectivity index (χ0v) is 20.0. The topological polar surface area (TPSA) is 70.2 Å². The molecule has 0 unspecified atom stereocenters. The number of hydrogen-bond donors (Lipinski definition) is 0. The van der Waals surface area contributed by atoms with Gasteiger partial charge in [-0.15, -0.1) is 0 Å². The molecule has 2 aromatic rings. The number of rotatable bonds is 7. The van der Waals surface area contributed by atoms with E-state index in [0.29, 0.717) is 37.7 Å². The number of nitrogens with zero attached hydrogens (tertiary/aromatic N) is 3. The smallest absolute Gasteiger partial charge is 0.243 e. The molecule has 178 valence electrons. The van der Waals surface area contributed by atoms with Crippen LogP contribution < -0.4 is 4.74 Å². The van der Waals surface area contributed by atoms with Crippen molar-refractivity contribution in [2.45, 2.75) is 31.2 Å². The number of hydrogen-bond acceptors (Lipinski definition) is 5. The van der Waals surface area contributed by atoms with Crippen LogP contribution in [-0.4, -0.2) is 74.3 Å². The molecule has 0 saturated carbocycles. The van der Waals surface area contributed by atoms with Gasteiger partial charge in [-0.05, 0) is 62.7 Å². The normalized spacial score (nSPS) is 18.9. The predicted octanol–water partition coefficient (Wildman–Crippen LogP) is 2.83. The van der Waals surface area contributed by atoms with Crippen molar-refractivity contribution in [1.29, 1.82) is 0 Å². The summed E-state index contributed by atoms with van der Waals surface area (Å²) < 4.78 is 32.7. The van der Waals surface area contributed by atoms with Crippen molar-refractivity contribution in [2.75, 3.05) is 45.9 Å². The van der Waals surface area contributed by atoms with Crippen LogP contribution in [0, 0.1) is 5.92 Å². The molecule has 0 aliphatic carbocycles. The van der Waals surface area contributed by atoms with Gasteiger partial charge in [-0.3, -0.25) is 9.69 Å². The molecule has 2 aliphatic heterocycles. The van der Waals surface area contributed by atoms with Gasteiger partial charge in [0.25, 0.3) is 0 Å². The number of sulfonamides is 1. The van der Waals surface area contributed by atoms with Crippen LogP contribution >= 0.6 is 0 Å². The fourth-order valence-corrected chi connectivity index (χ4v) is 6.09. The summed E-state index contributed by atoms with van der Waals surface area (Å²) in [5, 5.41) is 0. The van der Waals surface area contributed by atoms with Gasteiger partial charge in [-0.25, -0.2) is 8.42 Å². The highest BCUT2D eigenvalue weighted by Gasteiger charge is 2.33. The Bertz CT molecular complexity index is 1030. The van der Waals surface area contributed by atoms with Crippen LogP contribution in [0.2, 0.25) is 0 Å². The van der Waals surface area contributed by atoms with Crippen LogP contribution in [0.3, 0.4) is 0 Å². The van der Waals surface area contributed by atoms with E-state index in [1.807, 2.05) is 24.0 Å². The van der Waals surface area contributed by atoms with Crippen LogP contribution in [-0.2, 0) is 21.4 Å². The van der Waals surface area contributed by atoms with E-state index in [-0.39, 0.29) is 11.8 Å². The Morgan fingerprint density at radius 2 is 1.64 bits per heavy atom. The molecule has 0 atom stereocenters. The third-order valence-electron chi connectivity index (χ3n) is 6.48. The Morgan fingerprint density at radius 1 is 0.939 bits per heavy atom. The first-order valence-electron chi connectivity index (χ1n) is 11.8. The average Bonchev–Trinajstić information content (AvgIpc) is 2.85. The Balaban J connectivity index is 1.25. The highest BCUT2D eigenvalue weighted by Crippen LogP contribution is 2.24. The van der Waals surface area contributed by atoms with E-state index in [0.717, 1.165) is 38.2 Å². The third-order valence-corrected chi connectivity index (χ3v) is 8.40. The molecule has 0 radical (unpaired) electrons. The number of carbonyl (C=O) groups excluding carboxylic acids is 1. The molecule has 2 saturated heterocycles. The van der Waals surface area contributed by atoms with Gasteiger partial charge in [-0.2, -0.15) is 4.31 Å². The van der Waals surface area contributed by atoms with Gasteiger partial charge in [0.05, 0.1) is 11.5 Å². The second-order valence-corrected chi connectivity index (χ2v) is 10.6. The number of carbonyl (C=O) groups is 1. The van der Waals surface area contributed by atoms with Crippen LogP contribution in [0.15, 0.2) is 59.5 Å². The van der Waals surface area contributed by atoms with Gasteiger partial charge in [0.15, 0.2) is 0 Å². The monoisotopic (exact) mass is 471 g/mol. The first kappa shape index (κ1) is 23.7. The molecule has 7 nitrogen and oxygen atoms in total. The SMILES string of the molecule is CCOc1cccc(CN2CCC(C(=O)N3CCN(S(=O)(=O)c4ccccc4)CC3)CC2)c1. The number of likely N-dealkylation sites (tertiary alicyclic amines) is 1. The summed E-state index contributed by atoms with van der Waals surface area (Å²) in [5.41, 5.74) is 1.22. The molecule has 33 heavy (non-hydrogen) atoms. The molecule has 8 heteroatoms. The van der Waals surface area contributed by atoms with Crippen molar-refractivity contribution in [3.05, 3.63) is 60.2 Å². The van der Waals surface area contributed by atoms with Gasteiger partial charge >= 0.3 is 0 Å². The van der Waals surface area contributed by atoms with Crippen molar-refractivity contribution >= 4 is 15.9 Å². The van der Waals surface area contributed by atoms with Crippen molar-refractivity contribution < 1.29 is 17.9 Å². The van der Waals surface area contributed by atoms with Crippen LogP contribution in [0.4, 0.5) is 0 Å². The summed E-state index contributed by atoms with van der Waals surface area (Å²) in [4.78, 5) is 17.6. The molecule has 0 bridgehead atoms. The molecule has 4 rings (SSSR count). The minimum Gasteiger partial charge on any atom is -0.494 e. The zero-order chi connectivity index (χ0) is 23.3. The largest absolute Gasteiger partial charge is 0.494 e. The minimum atomic E-state index is -3.50. The van der Waals surface area contributed by atoms with Gasteiger partial charge in [0, 0.05) is 38.6 Å². The summed E-state index contributed by atoms with van der Waals surface area (Å²) in [6.45, 7) is 6.87. The summed E-state index contributed by atoms with van der Waals surface area (Å²) in [6, 6.07) is 16.7.